The third kappa shape index (κ3) is 4.28. The monoisotopic (exact) mass is 387 g/mol. The van der Waals surface area contributed by atoms with Crippen LogP contribution in [0.3, 0.4) is 0 Å². The van der Waals surface area contributed by atoms with E-state index in [4.69, 9.17) is 4.74 Å². The first-order chi connectivity index (χ1) is 12.8. The molecule has 1 aromatic carbocycles. The number of nitrogens with one attached hydrogen (secondary N) is 3. The van der Waals surface area contributed by atoms with Crippen molar-refractivity contribution in [1.82, 2.24) is 5.32 Å². The molecule has 7 nitrogen and oxygen atoms in total. The average Bonchev–Trinajstić information content (AvgIpc) is 3.15. The summed E-state index contributed by atoms with van der Waals surface area (Å²) in [4.78, 5) is 37.3. The van der Waals surface area contributed by atoms with Crippen LogP contribution in [-0.2, 0) is 9.59 Å². The van der Waals surface area contributed by atoms with Gasteiger partial charge in [-0.15, -0.1) is 11.3 Å². The maximum Gasteiger partial charge on any atom is 0.265 e. The highest BCUT2D eigenvalue weighted by Crippen LogP contribution is 2.32. The van der Waals surface area contributed by atoms with E-state index in [2.05, 4.69) is 16.0 Å². The molecule has 1 aromatic heterocycles. The number of hydrogen-bond donors (Lipinski definition) is 3. The molecule has 1 aliphatic rings. The van der Waals surface area contributed by atoms with Gasteiger partial charge in [0.05, 0.1) is 10.6 Å². The molecular weight excluding hydrogens is 366 g/mol. The smallest absolute Gasteiger partial charge is 0.265 e. The van der Waals surface area contributed by atoms with E-state index in [1.54, 1.807) is 37.3 Å². The molecule has 0 saturated heterocycles. The Bertz CT molecular complexity index is 864. The third-order valence-electron chi connectivity index (χ3n) is 4.16. The first kappa shape index (κ1) is 18.9. The summed E-state index contributed by atoms with van der Waals surface area (Å²) in [6.07, 6.45) is -0.560. The van der Waals surface area contributed by atoms with Gasteiger partial charge in [0.15, 0.2) is 6.10 Å². The Morgan fingerprint density at radius 2 is 2.04 bits per heavy atom. The highest BCUT2D eigenvalue weighted by molar-refractivity contribution is 7.12. The van der Waals surface area contributed by atoms with Gasteiger partial charge < -0.3 is 20.7 Å². The number of hydrogen-bond acceptors (Lipinski definition) is 5. The van der Waals surface area contributed by atoms with Crippen molar-refractivity contribution in [3.63, 3.8) is 0 Å². The van der Waals surface area contributed by atoms with Gasteiger partial charge in [0, 0.05) is 5.69 Å². The van der Waals surface area contributed by atoms with Gasteiger partial charge in [0.2, 0.25) is 5.91 Å². The second-order valence-electron chi connectivity index (χ2n) is 6.62. The Balaban J connectivity index is 1.71. The summed E-state index contributed by atoms with van der Waals surface area (Å²) in [6, 6.07) is 7.82. The molecule has 3 N–H and O–H groups in total. The summed E-state index contributed by atoms with van der Waals surface area (Å²) in [5.41, 5.74) is 1.01. The Labute approximate surface area is 161 Å². The van der Waals surface area contributed by atoms with Gasteiger partial charge in [-0.2, -0.15) is 0 Å². The molecule has 3 rings (SSSR count). The number of carbonyl (C=O) groups excluding carboxylic acids is 3. The number of ether oxygens (including phenoxy) is 1. The van der Waals surface area contributed by atoms with Crippen molar-refractivity contribution in [2.75, 3.05) is 10.6 Å². The normalized spacial score (nSPS) is 16.7. The molecule has 0 fully saturated rings. The second-order valence-corrected chi connectivity index (χ2v) is 7.57. The highest BCUT2D eigenvalue weighted by atomic mass is 32.1. The van der Waals surface area contributed by atoms with E-state index in [0.717, 1.165) is 0 Å². The van der Waals surface area contributed by atoms with Crippen molar-refractivity contribution in [2.24, 2.45) is 5.92 Å². The van der Waals surface area contributed by atoms with E-state index in [9.17, 15) is 14.4 Å². The number of carbonyl (C=O) groups is 3. The van der Waals surface area contributed by atoms with Crippen LogP contribution in [0.4, 0.5) is 11.4 Å². The lowest BCUT2D eigenvalue weighted by atomic mass is 10.0. The fourth-order valence-electron chi connectivity index (χ4n) is 2.66. The molecule has 2 aromatic rings. The van der Waals surface area contributed by atoms with Crippen LogP contribution in [0.5, 0.6) is 5.75 Å². The summed E-state index contributed by atoms with van der Waals surface area (Å²) >= 11 is 1.32. The summed E-state index contributed by atoms with van der Waals surface area (Å²) < 4.78 is 5.50. The fourth-order valence-corrected chi connectivity index (χ4v) is 3.29. The van der Waals surface area contributed by atoms with Crippen molar-refractivity contribution in [2.45, 2.75) is 32.9 Å². The molecule has 0 saturated carbocycles. The quantitative estimate of drug-likeness (QED) is 0.735. The Hall–Kier alpha value is -2.87. The lowest BCUT2D eigenvalue weighted by Gasteiger charge is -2.24. The molecule has 142 valence electrons. The van der Waals surface area contributed by atoms with Crippen molar-refractivity contribution in [3.05, 3.63) is 40.6 Å². The van der Waals surface area contributed by atoms with Crippen LogP contribution in [0, 0.1) is 5.92 Å². The van der Waals surface area contributed by atoms with E-state index in [1.807, 2.05) is 19.2 Å². The lowest BCUT2D eigenvalue weighted by molar-refractivity contribution is -0.122. The van der Waals surface area contributed by atoms with E-state index < -0.39 is 12.1 Å². The van der Waals surface area contributed by atoms with Gasteiger partial charge in [0.1, 0.15) is 11.8 Å². The third-order valence-corrected chi connectivity index (χ3v) is 5.03. The van der Waals surface area contributed by atoms with Crippen LogP contribution < -0.4 is 20.7 Å². The number of thiophene rings is 1. The zero-order valence-electron chi connectivity index (χ0n) is 15.2. The van der Waals surface area contributed by atoms with Crippen molar-refractivity contribution >= 4 is 40.4 Å². The number of rotatable bonds is 5. The van der Waals surface area contributed by atoms with Crippen molar-refractivity contribution in [3.8, 4) is 5.75 Å². The maximum absolute atomic E-state index is 12.7. The number of benzene rings is 1. The first-order valence-electron chi connectivity index (χ1n) is 8.62. The second kappa shape index (κ2) is 7.79. The minimum absolute atomic E-state index is 0.101. The van der Waals surface area contributed by atoms with Crippen LogP contribution in [0.1, 0.15) is 30.4 Å². The minimum atomic E-state index is -0.693. The Morgan fingerprint density at radius 1 is 1.26 bits per heavy atom. The molecule has 8 heteroatoms. The first-order valence-corrected chi connectivity index (χ1v) is 9.50. The zero-order chi connectivity index (χ0) is 19.6. The zero-order valence-corrected chi connectivity index (χ0v) is 16.1. The molecule has 2 atom stereocenters. The van der Waals surface area contributed by atoms with Gasteiger partial charge in [-0.1, -0.05) is 19.9 Å². The summed E-state index contributed by atoms with van der Waals surface area (Å²) in [6.45, 7) is 5.39. The number of fused-ring (bicyclic) bond motifs is 1. The number of amides is 3. The molecule has 0 unspecified atom stereocenters. The van der Waals surface area contributed by atoms with E-state index >= 15 is 0 Å². The van der Waals surface area contributed by atoms with Crippen LogP contribution in [0.15, 0.2) is 35.7 Å². The summed E-state index contributed by atoms with van der Waals surface area (Å²) in [7, 11) is 0. The summed E-state index contributed by atoms with van der Waals surface area (Å²) in [5, 5.41) is 10.1. The van der Waals surface area contributed by atoms with E-state index in [1.165, 1.54) is 11.3 Å². The molecule has 1 aliphatic heterocycles. The SMILES string of the molecule is CC(C)[C@@H](NC(=O)c1cccs1)C(=O)Nc1ccc2c(c1)NC(=O)[C@H](C)O2. The van der Waals surface area contributed by atoms with E-state index in [-0.39, 0.29) is 23.6 Å². The minimum Gasteiger partial charge on any atom is -0.479 e. The van der Waals surface area contributed by atoms with Gasteiger partial charge in [-0.25, -0.2) is 0 Å². The molecule has 3 amide bonds. The highest BCUT2D eigenvalue weighted by Gasteiger charge is 2.27. The molecule has 0 radical (unpaired) electrons. The fraction of sp³-hybridized carbons (Fsp3) is 0.316. The number of anilines is 2. The predicted octanol–water partition coefficient (Wildman–Crippen LogP) is 2.86. The molecule has 2 heterocycles. The van der Waals surface area contributed by atoms with Crippen molar-refractivity contribution < 1.29 is 19.1 Å². The van der Waals surface area contributed by atoms with Crippen LogP contribution in [0.2, 0.25) is 0 Å². The Morgan fingerprint density at radius 3 is 2.70 bits per heavy atom. The molecular formula is C19H21N3O4S. The largest absolute Gasteiger partial charge is 0.479 e. The lowest BCUT2D eigenvalue weighted by Crippen LogP contribution is -2.47. The standard InChI is InChI=1S/C19H21N3O4S/c1-10(2)16(22-18(24)15-5-4-8-27-15)19(25)20-12-6-7-14-13(9-12)21-17(23)11(3)26-14/h4-11,16H,1-3H3,(H,20,25)(H,21,23)(H,22,24)/t11-,16+/m0/s1. The predicted molar refractivity (Wildman–Crippen MR) is 104 cm³/mol. The molecule has 0 bridgehead atoms. The van der Waals surface area contributed by atoms with Crippen LogP contribution in [-0.4, -0.2) is 29.9 Å². The average molecular weight is 387 g/mol. The van der Waals surface area contributed by atoms with Crippen LogP contribution in [0.25, 0.3) is 0 Å². The summed E-state index contributed by atoms with van der Waals surface area (Å²) in [5.74, 6) is -0.401. The Kier molecular flexibility index (Phi) is 5.46. The van der Waals surface area contributed by atoms with Crippen molar-refractivity contribution in [1.29, 1.82) is 0 Å². The van der Waals surface area contributed by atoms with Gasteiger partial charge in [0.25, 0.3) is 11.8 Å². The van der Waals surface area contributed by atoms with Gasteiger partial charge in [-0.05, 0) is 42.5 Å². The topological polar surface area (TPSA) is 96.5 Å². The van der Waals surface area contributed by atoms with Crippen LogP contribution >= 0.6 is 11.3 Å². The molecule has 27 heavy (non-hydrogen) atoms. The van der Waals surface area contributed by atoms with E-state index in [0.29, 0.717) is 22.0 Å². The van der Waals surface area contributed by atoms with Gasteiger partial charge >= 0.3 is 0 Å². The molecule has 0 spiro atoms. The molecule has 0 aliphatic carbocycles. The maximum atomic E-state index is 12.7. The van der Waals surface area contributed by atoms with Gasteiger partial charge in [-0.3, -0.25) is 14.4 Å².